The smallest absolute Gasteiger partial charge is 0.272 e. The van der Waals surface area contributed by atoms with E-state index < -0.39 is 6.10 Å². The Morgan fingerprint density at radius 1 is 1.36 bits per heavy atom. The number of aromatic nitrogens is 1. The molecule has 0 saturated carbocycles. The third-order valence-corrected chi connectivity index (χ3v) is 6.25. The van der Waals surface area contributed by atoms with Gasteiger partial charge >= 0.3 is 0 Å². The fraction of sp³-hybridized carbons (Fsp3) is 0.381. The quantitative estimate of drug-likeness (QED) is 0.742. The summed E-state index contributed by atoms with van der Waals surface area (Å²) in [5.41, 5.74) is 1.80. The molecule has 1 aromatic heterocycles. The van der Waals surface area contributed by atoms with Crippen LogP contribution in [0.15, 0.2) is 36.9 Å². The van der Waals surface area contributed by atoms with Gasteiger partial charge < -0.3 is 9.64 Å². The summed E-state index contributed by atoms with van der Waals surface area (Å²) in [5.74, 6) is 0.222. The molecule has 4 rings (SSSR count). The number of carbonyl (C=O) groups excluding carboxylic acids is 2. The standard InChI is InChI=1S/C21H23N3O3S/c1-3-12-23(21-22-15-8-4-7-11-19(15)28-21)20(26)18-13-24(14(2)25)16-9-5-6-10-17(16)27-18/h3,5-6,9-10,18H,1,4,7-8,11-13H2,2H3. The number of fused-ring (bicyclic) bond motifs is 2. The summed E-state index contributed by atoms with van der Waals surface area (Å²) in [6, 6.07) is 7.29. The highest BCUT2D eigenvalue weighted by molar-refractivity contribution is 7.16. The molecule has 2 aromatic rings. The number of nitrogens with zero attached hydrogens (tertiary/aromatic N) is 3. The van der Waals surface area contributed by atoms with Crippen LogP contribution in [0.2, 0.25) is 0 Å². The number of hydrogen-bond acceptors (Lipinski definition) is 5. The van der Waals surface area contributed by atoms with Gasteiger partial charge in [0.1, 0.15) is 5.75 Å². The molecule has 1 aromatic carbocycles. The molecule has 1 aliphatic carbocycles. The van der Waals surface area contributed by atoms with Crippen LogP contribution in [0.5, 0.6) is 5.75 Å². The maximum atomic E-state index is 13.4. The van der Waals surface area contributed by atoms with Crippen molar-refractivity contribution in [3.8, 4) is 5.75 Å². The summed E-state index contributed by atoms with van der Waals surface area (Å²) in [6.45, 7) is 5.83. The van der Waals surface area contributed by atoms with Crippen molar-refractivity contribution >= 4 is 34.0 Å². The highest BCUT2D eigenvalue weighted by atomic mass is 32.1. The zero-order valence-corrected chi connectivity index (χ0v) is 16.7. The zero-order valence-electron chi connectivity index (χ0n) is 15.9. The van der Waals surface area contributed by atoms with Crippen molar-refractivity contribution < 1.29 is 14.3 Å². The van der Waals surface area contributed by atoms with Gasteiger partial charge in [0.05, 0.1) is 17.9 Å². The first-order valence-electron chi connectivity index (χ1n) is 9.53. The van der Waals surface area contributed by atoms with E-state index in [-0.39, 0.29) is 18.4 Å². The van der Waals surface area contributed by atoms with Crippen molar-refractivity contribution in [2.75, 3.05) is 22.9 Å². The lowest BCUT2D eigenvalue weighted by molar-refractivity contribution is -0.125. The Labute approximate surface area is 168 Å². The van der Waals surface area contributed by atoms with Crippen molar-refractivity contribution in [2.45, 2.75) is 38.7 Å². The number of rotatable bonds is 4. The number of amides is 2. The van der Waals surface area contributed by atoms with Gasteiger partial charge in [-0.15, -0.1) is 17.9 Å². The molecule has 2 aliphatic rings. The van der Waals surface area contributed by atoms with E-state index in [1.165, 1.54) is 18.2 Å². The van der Waals surface area contributed by atoms with Crippen LogP contribution in [0.3, 0.4) is 0 Å². The van der Waals surface area contributed by atoms with Crippen LogP contribution in [0.1, 0.15) is 30.3 Å². The molecule has 6 nitrogen and oxygen atoms in total. The average molecular weight is 398 g/mol. The van der Waals surface area contributed by atoms with Crippen molar-refractivity contribution in [3.05, 3.63) is 47.5 Å². The van der Waals surface area contributed by atoms with Gasteiger partial charge in [0.25, 0.3) is 5.91 Å². The molecule has 0 bridgehead atoms. The third-order valence-electron chi connectivity index (χ3n) is 5.07. The lowest BCUT2D eigenvalue weighted by atomic mass is 10.0. The molecule has 28 heavy (non-hydrogen) atoms. The molecular formula is C21H23N3O3S. The number of thiazole rings is 1. The minimum absolute atomic E-state index is 0.117. The molecule has 0 saturated heterocycles. The summed E-state index contributed by atoms with van der Waals surface area (Å²) in [4.78, 5) is 34.7. The highest BCUT2D eigenvalue weighted by Gasteiger charge is 2.36. The maximum Gasteiger partial charge on any atom is 0.272 e. The highest BCUT2D eigenvalue weighted by Crippen LogP contribution is 2.35. The Hall–Kier alpha value is -2.67. The molecular weight excluding hydrogens is 374 g/mol. The predicted molar refractivity (Wildman–Crippen MR) is 110 cm³/mol. The molecule has 146 valence electrons. The fourth-order valence-corrected chi connectivity index (χ4v) is 4.84. The molecule has 2 heterocycles. The van der Waals surface area contributed by atoms with Crippen LogP contribution in [0.4, 0.5) is 10.8 Å². The summed E-state index contributed by atoms with van der Waals surface area (Å²) in [6.07, 6.45) is 5.21. The maximum absolute atomic E-state index is 13.4. The Morgan fingerprint density at radius 2 is 2.14 bits per heavy atom. The first kappa shape index (κ1) is 18.7. The van der Waals surface area contributed by atoms with E-state index in [0.717, 1.165) is 25.0 Å². The molecule has 1 atom stereocenters. The second-order valence-electron chi connectivity index (χ2n) is 7.01. The van der Waals surface area contributed by atoms with E-state index in [9.17, 15) is 9.59 Å². The van der Waals surface area contributed by atoms with Crippen molar-refractivity contribution in [1.29, 1.82) is 0 Å². The van der Waals surface area contributed by atoms with Crippen molar-refractivity contribution in [3.63, 3.8) is 0 Å². The minimum atomic E-state index is -0.778. The Kier molecular flexibility index (Phi) is 5.17. The van der Waals surface area contributed by atoms with Crippen molar-refractivity contribution in [2.24, 2.45) is 0 Å². The zero-order chi connectivity index (χ0) is 19.7. The Balaban J connectivity index is 1.63. The van der Waals surface area contributed by atoms with Crippen molar-refractivity contribution in [1.82, 2.24) is 4.98 Å². The van der Waals surface area contributed by atoms with E-state index in [2.05, 4.69) is 6.58 Å². The normalized spacial score (nSPS) is 17.9. The molecule has 0 N–H and O–H groups in total. The Bertz CT molecular complexity index is 900. The molecule has 0 spiro atoms. The number of aryl methyl sites for hydroxylation is 2. The number of anilines is 2. The monoisotopic (exact) mass is 397 g/mol. The lowest BCUT2D eigenvalue weighted by Gasteiger charge is -2.35. The average Bonchev–Trinajstić information content (AvgIpc) is 3.14. The van der Waals surface area contributed by atoms with Crippen LogP contribution in [0.25, 0.3) is 0 Å². The van der Waals surface area contributed by atoms with Gasteiger partial charge in [-0.25, -0.2) is 4.98 Å². The van der Waals surface area contributed by atoms with Crippen LogP contribution in [0, 0.1) is 0 Å². The van der Waals surface area contributed by atoms with Gasteiger partial charge in [0, 0.05) is 18.3 Å². The topological polar surface area (TPSA) is 62.7 Å². The summed E-state index contributed by atoms with van der Waals surface area (Å²) in [7, 11) is 0. The molecule has 0 radical (unpaired) electrons. The van der Waals surface area contributed by atoms with E-state index in [4.69, 9.17) is 9.72 Å². The number of para-hydroxylation sites is 2. The second-order valence-corrected chi connectivity index (χ2v) is 8.08. The minimum Gasteiger partial charge on any atom is -0.476 e. The first-order valence-corrected chi connectivity index (χ1v) is 10.3. The molecule has 1 aliphatic heterocycles. The van der Waals surface area contributed by atoms with E-state index >= 15 is 0 Å². The largest absolute Gasteiger partial charge is 0.476 e. The third kappa shape index (κ3) is 3.42. The second kappa shape index (κ2) is 7.75. The van der Waals surface area contributed by atoms with Crippen LogP contribution >= 0.6 is 11.3 Å². The van der Waals surface area contributed by atoms with E-state index in [0.29, 0.717) is 23.1 Å². The van der Waals surface area contributed by atoms with Crippen LogP contribution in [-0.4, -0.2) is 36.0 Å². The molecule has 7 heteroatoms. The van der Waals surface area contributed by atoms with Gasteiger partial charge in [-0.2, -0.15) is 0 Å². The van der Waals surface area contributed by atoms with Crippen LogP contribution < -0.4 is 14.5 Å². The first-order chi connectivity index (χ1) is 13.6. The molecule has 1 unspecified atom stereocenters. The number of benzene rings is 1. The predicted octanol–water partition coefficient (Wildman–Crippen LogP) is 3.36. The van der Waals surface area contributed by atoms with Gasteiger partial charge in [-0.1, -0.05) is 18.2 Å². The summed E-state index contributed by atoms with van der Waals surface area (Å²) >= 11 is 1.58. The molecule has 0 fully saturated rings. The van der Waals surface area contributed by atoms with E-state index in [1.807, 2.05) is 18.2 Å². The SMILES string of the molecule is C=CCN(C(=O)C1CN(C(C)=O)c2ccccc2O1)c1nc2c(s1)CCCC2. The Morgan fingerprint density at radius 3 is 2.89 bits per heavy atom. The van der Waals surface area contributed by atoms with Gasteiger partial charge in [-0.3, -0.25) is 14.5 Å². The van der Waals surface area contributed by atoms with Gasteiger partial charge in [0.2, 0.25) is 5.91 Å². The fourth-order valence-electron chi connectivity index (χ4n) is 3.68. The summed E-state index contributed by atoms with van der Waals surface area (Å²) in [5, 5.41) is 0.689. The van der Waals surface area contributed by atoms with Gasteiger partial charge in [-0.05, 0) is 37.8 Å². The van der Waals surface area contributed by atoms with Gasteiger partial charge in [0.15, 0.2) is 11.2 Å². The lowest BCUT2D eigenvalue weighted by Crippen LogP contribution is -2.51. The van der Waals surface area contributed by atoms with Crippen LogP contribution in [-0.2, 0) is 22.4 Å². The number of ether oxygens (including phenoxy) is 1. The van der Waals surface area contributed by atoms with E-state index in [1.54, 1.807) is 33.3 Å². The number of hydrogen-bond donors (Lipinski definition) is 0. The summed E-state index contributed by atoms with van der Waals surface area (Å²) < 4.78 is 5.98. The number of carbonyl (C=O) groups is 2. The molecule has 2 amide bonds.